The summed E-state index contributed by atoms with van der Waals surface area (Å²) in [4.78, 5) is 43.2. The Hall–Kier alpha value is -4.37. The number of aromatic nitrogens is 3. The molecule has 0 bridgehead atoms. The van der Waals surface area contributed by atoms with Gasteiger partial charge >= 0.3 is 6.09 Å². The minimum Gasteiger partial charge on any atom is -0.442 e. The maximum absolute atomic E-state index is 13.6. The van der Waals surface area contributed by atoms with E-state index in [9.17, 15) is 14.4 Å². The van der Waals surface area contributed by atoms with Gasteiger partial charge in [-0.05, 0) is 87.4 Å². The van der Waals surface area contributed by atoms with Gasteiger partial charge in [-0.3, -0.25) is 14.2 Å². The summed E-state index contributed by atoms with van der Waals surface area (Å²) in [5, 5.41) is 7.92. The third-order valence-corrected chi connectivity index (χ3v) is 6.90. The highest BCUT2D eigenvalue weighted by molar-refractivity contribution is 5.95. The number of ether oxygens (including phenoxy) is 1. The van der Waals surface area contributed by atoms with Crippen LogP contribution in [0.2, 0.25) is 0 Å². The number of carbonyl (C=O) groups is 2. The van der Waals surface area contributed by atoms with E-state index in [1.54, 1.807) is 62.6 Å². The predicted molar refractivity (Wildman–Crippen MR) is 139 cm³/mol. The Morgan fingerprint density at radius 2 is 1.92 bits per heavy atom. The van der Waals surface area contributed by atoms with Crippen molar-refractivity contribution in [2.45, 2.75) is 63.6 Å². The van der Waals surface area contributed by atoms with E-state index in [1.807, 2.05) is 4.90 Å². The van der Waals surface area contributed by atoms with Crippen molar-refractivity contribution in [2.24, 2.45) is 5.11 Å². The van der Waals surface area contributed by atoms with Crippen LogP contribution in [-0.4, -0.2) is 55.5 Å². The summed E-state index contributed by atoms with van der Waals surface area (Å²) in [6.45, 7) is 3.35. The molecule has 1 fully saturated rings. The van der Waals surface area contributed by atoms with Crippen LogP contribution in [0.3, 0.4) is 0 Å². The van der Waals surface area contributed by atoms with Crippen LogP contribution < -0.4 is 5.56 Å². The maximum Gasteiger partial charge on any atom is 0.435 e. The molecule has 1 amide bonds. The van der Waals surface area contributed by atoms with Crippen molar-refractivity contribution < 1.29 is 14.3 Å². The molecule has 0 spiro atoms. The second-order valence-electron chi connectivity index (χ2n) is 10.4. The van der Waals surface area contributed by atoms with Crippen molar-refractivity contribution in [3.05, 3.63) is 92.5 Å². The van der Waals surface area contributed by atoms with Crippen molar-refractivity contribution in [3.63, 3.8) is 0 Å². The summed E-state index contributed by atoms with van der Waals surface area (Å²) >= 11 is 0. The van der Waals surface area contributed by atoms with Gasteiger partial charge in [0.25, 0.3) is 11.5 Å². The van der Waals surface area contributed by atoms with Crippen LogP contribution in [0.5, 0.6) is 0 Å². The first-order valence-electron chi connectivity index (χ1n) is 12.7. The molecule has 11 heteroatoms. The molecule has 2 aliphatic carbocycles. The van der Waals surface area contributed by atoms with Crippen molar-refractivity contribution in [3.8, 4) is 5.69 Å². The van der Waals surface area contributed by atoms with Gasteiger partial charge in [-0.15, -0.1) is 0 Å². The molecule has 38 heavy (non-hydrogen) atoms. The number of azide groups is 1. The Morgan fingerprint density at radius 1 is 1.16 bits per heavy atom. The Labute approximate surface area is 219 Å². The molecule has 1 atom stereocenters. The van der Waals surface area contributed by atoms with E-state index in [0.29, 0.717) is 24.1 Å². The van der Waals surface area contributed by atoms with Crippen molar-refractivity contribution in [1.82, 2.24) is 19.2 Å². The monoisotopic (exact) mass is 515 g/mol. The fourth-order valence-electron chi connectivity index (χ4n) is 4.87. The number of pyridine rings is 1. The number of amides is 1. The molecule has 2 heterocycles. The first-order valence-corrected chi connectivity index (χ1v) is 12.7. The number of carbonyl (C=O) groups excluding carboxylic acids is 2. The Morgan fingerprint density at radius 3 is 2.61 bits per heavy atom. The van der Waals surface area contributed by atoms with Crippen molar-refractivity contribution in [2.75, 3.05) is 6.54 Å². The lowest BCUT2D eigenvalue weighted by Crippen LogP contribution is -2.44. The van der Waals surface area contributed by atoms with E-state index in [0.717, 1.165) is 30.5 Å². The summed E-state index contributed by atoms with van der Waals surface area (Å²) < 4.78 is 8.21. The molecule has 2 aliphatic rings. The summed E-state index contributed by atoms with van der Waals surface area (Å²) in [5.41, 5.74) is 10.5. The molecular formula is C27H29N7O4. The highest BCUT2D eigenvalue weighted by Crippen LogP contribution is 2.35. The molecule has 0 saturated heterocycles. The topological polar surface area (TPSA) is 135 Å². The number of hydrogen-bond acceptors (Lipinski definition) is 6. The molecule has 0 radical (unpaired) electrons. The summed E-state index contributed by atoms with van der Waals surface area (Å²) in [5.74, 6) is -0.0282. The third kappa shape index (κ3) is 5.33. The average molecular weight is 516 g/mol. The fraction of sp³-hybridized carbons (Fsp3) is 0.407. The van der Waals surface area contributed by atoms with Crippen LogP contribution in [0.1, 0.15) is 54.7 Å². The molecule has 2 aromatic heterocycles. The predicted octanol–water partition coefficient (Wildman–Crippen LogP) is 4.27. The van der Waals surface area contributed by atoms with Gasteiger partial charge in [-0.25, -0.2) is 4.79 Å². The van der Waals surface area contributed by atoms with Gasteiger partial charge in [-0.1, -0.05) is 11.2 Å². The normalized spacial score (nSPS) is 16.7. The molecule has 0 aliphatic heterocycles. The van der Waals surface area contributed by atoms with Gasteiger partial charge in [0, 0.05) is 46.7 Å². The van der Waals surface area contributed by atoms with E-state index in [-0.39, 0.29) is 30.1 Å². The third-order valence-electron chi connectivity index (χ3n) is 6.90. The molecule has 196 valence electrons. The second-order valence-corrected chi connectivity index (χ2v) is 10.4. The number of rotatable bonds is 7. The van der Waals surface area contributed by atoms with Crippen LogP contribution in [0.15, 0.2) is 64.8 Å². The zero-order valence-corrected chi connectivity index (χ0v) is 21.4. The zero-order chi connectivity index (χ0) is 26.9. The smallest absolute Gasteiger partial charge is 0.435 e. The summed E-state index contributed by atoms with van der Waals surface area (Å²) in [6, 6.07) is 12.3. The second kappa shape index (κ2) is 10.2. The quantitative estimate of drug-likeness (QED) is 0.263. The van der Waals surface area contributed by atoms with Crippen LogP contribution in [0, 0.1) is 0 Å². The largest absolute Gasteiger partial charge is 0.442 e. The Bertz CT molecular complexity index is 1460. The molecule has 11 nitrogen and oxygen atoms in total. The molecule has 1 saturated carbocycles. The van der Waals surface area contributed by atoms with Crippen molar-refractivity contribution in [1.29, 1.82) is 0 Å². The van der Waals surface area contributed by atoms with Gasteiger partial charge in [0.05, 0.1) is 12.2 Å². The molecule has 0 N–H and O–H groups in total. The van der Waals surface area contributed by atoms with Gasteiger partial charge in [-0.2, -0.15) is 9.78 Å². The molecular weight excluding hydrogens is 486 g/mol. The molecule has 1 unspecified atom stereocenters. The van der Waals surface area contributed by atoms with Gasteiger partial charge in [0.2, 0.25) is 0 Å². The average Bonchev–Trinajstić information content (AvgIpc) is 3.64. The standard InChI is InChI=1S/C27H29N7O4/c1-27(2,17-29-31-28)38-26(37)33-16-19-15-22(12-13-23(19)30-33)34(21-10-11-21)25(36)18-6-8-20(9-7-18)32-14-4-3-5-24(32)35/h3-9,14,16,21-22H,10-13,15,17H2,1-2H3. The van der Waals surface area contributed by atoms with Crippen LogP contribution in [0.4, 0.5) is 4.79 Å². The van der Waals surface area contributed by atoms with Crippen LogP contribution >= 0.6 is 0 Å². The lowest BCUT2D eigenvalue weighted by atomic mass is 9.91. The van der Waals surface area contributed by atoms with Gasteiger partial charge in [0.15, 0.2) is 0 Å². The Kier molecular flexibility index (Phi) is 6.77. The lowest BCUT2D eigenvalue weighted by Gasteiger charge is -2.34. The molecule has 1 aromatic carbocycles. The van der Waals surface area contributed by atoms with E-state index < -0.39 is 11.7 Å². The van der Waals surface area contributed by atoms with Gasteiger partial charge < -0.3 is 9.64 Å². The number of aryl methyl sites for hydroxylation is 1. The SMILES string of the molecule is CC(C)(CN=[N+]=[N-])OC(=O)n1cc2c(n1)CCC(N(C(=O)c1ccc(-n3ccccc3=O)cc1)C1CC1)C2. The highest BCUT2D eigenvalue weighted by Gasteiger charge is 2.39. The molecule has 5 rings (SSSR count). The maximum atomic E-state index is 13.6. The zero-order valence-electron chi connectivity index (χ0n) is 21.4. The Balaban J connectivity index is 1.31. The minimum atomic E-state index is -0.961. The van der Waals surface area contributed by atoms with Crippen molar-refractivity contribution >= 4 is 12.0 Å². The van der Waals surface area contributed by atoms with E-state index in [4.69, 9.17) is 10.3 Å². The number of benzene rings is 1. The first kappa shape index (κ1) is 25.3. The van der Waals surface area contributed by atoms with Gasteiger partial charge in [0.1, 0.15) is 5.60 Å². The lowest BCUT2D eigenvalue weighted by molar-refractivity contribution is 0.0441. The van der Waals surface area contributed by atoms with Crippen LogP contribution in [-0.2, 0) is 17.6 Å². The van der Waals surface area contributed by atoms with E-state index in [2.05, 4.69) is 15.1 Å². The van der Waals surface area contributed by atoms with Crippen LogP contribution in [0.25, 0.3) is 16.1 Å². The number of nitrogens with zero attached hydrogens (tertiary/aromatic N) is 7. The number of hydrogen-bond donors (Lipinski definition) is 0. The summed E-state index contributed by atoms with van der Waals surface area (Å²) in [6.07, 6.45) is 6.68. The number of fused-ring (bicyclic) bond motifs is 1. The molecule has 3 aromatic rings. The fourth-order valence-corrected chi connectivity index (χ4v) is 4.87. The van der Waals surface area contributed by atoms with E-state index in [1.165, 1.54) is 15.3 Å². The minimum absolute atomic E-state index is 0.00556. The summed E-state index contributed by atoms with van der Waals surface area (Å²) in [7, 11) is 0. The highest BCUT2D eigenvalue weighted by atomic mass is 16.6. The van der Waals surface area contributed by atoms with E-state index >= 15 is 0 Å². The first-order chi connectivity index (χ1) is 18.3.